The number of hydrogen-bond donors (Lipinski definition) is 2. The zero-order chi connectivity index (χ0) is 26.1. The molecule has 1 fully saturated rings. The molecule has 1 aliphatic heterocycles. The number of aliphatic carboxylic acids is 1. The third-order valence-corrected chi connectivity index (χ3v) is 5.66. The molecular weight excluding hydrogens is 524 g/mol. The molecule has 0 aliphatic carbocycles. The van der Waals surface area contributed by atoms with Crippen LogP contribution < -0.4 is 14.8 Å². The van der Waals surface area contributed by atoms with E-state index in [-0.39, 0.29) is 37.9 Å². The molecule has 0 spiro atoms. The van der Waals surface area contributed by atoms with E-state index in [2.05, 4.69) is 5.32 Å². The number of benzene rings is 2. The molecule has 1 heterocycles. The number of methoxy groups -OCH3 is 1. The molecular formula is C21H13F6NO5S2. The third-order valence-electron chi connectivity index (χ3n) is 4.49. The normalized spacial score (nSPS) is 15.3. The van der Waals surface area contributed by atoms with Crippen LogP contribution in [0, 0.1) is 0 Å². The molecule has 0 bridgehead atoms. The predicted octanol–water partition coefficient (Wildman–Crippen LogP) is 5.35. The number of amides is 1. The molecule has 1 saturated heterocycles. The first-order chi connectivity index (χ1) is 16.2. The summed E-state index contributed by atoms with van der Waals surface area (Å²) >= 11 is 5.75. The minimum atomic E-state index is -5.07. The number of ether oxygens (including phenoxy) is 2. The summed E-state index contributed by atoms with van der Waals surface area (Å²) in [6.45, 7) is -0.842. The van der Waals surface area contributed by atoms with Crippen LogP contribution in [0.1, 0.15) is 16.7 Å². The van der Waals surface area contributed by atoms with Gasteiger partial charge in [0.2, 0.25) is 0 Å². The van der Waals surface area contributed by atoms with Crippen LogP contribution in [0.2, 0.25) is 0 Å². The van der Waals surface area contributed by atoms with E-state index in [9.17, 15) is 35.9 Å². The second-order valence-electron chi connectivity index (χ2n) is 6.93. The van der Waals surface area contributed by atoms with Gasteiger partial charge in [-0.2, -0.15) is 26.3 Å². The van der Waals surface area contributed by atoms with Gasteiger partial charge >= 0.3 is 18.3 Å². The zero-order valence-corrected chi connectivity index (χ0v) is 19.0. The van der Waals surface area contributed by atoms with E-state index in [0.29, 0.717) is 12.1 Å². The summed E-state index contributed by atoms with van der Waals surface area (Å²) in [6.07, 6.45) is -8.92. The van der Waals surface area contributed by atoms with Crippen molar-refractivity contribution < 1.29 is 50.5 Å². The highest BCUT2D eigenvalue weighted by molar-refractivity contribution is 8.26. The van der Waals surface area contributed by atoms with Gasteiger partial charge in [-0.25, -0.2) is 4.79 Å². The van der Waals surface area contributed by atoms with Crippen molar-refractivity contribution in [3.05, 3.63) is 51.9 Å². The number of hydrogen-bond acceptors (Lipinski definition) is 6. The molecule has 2 aromatic rings. The molecule has 1 amide bonds. The summed E-state index contributed by atoms with van der Waals surface area (Å²) in [7, 11) is 1.14. The minimum Gasteiger partial charge on any atom is -0.493 e. The Balaban J connectivity index is 2.27. The Morgan fingerprint density at radius 3 is 2.09 bits per heavy atom. The van der Waals surface area contributed by atoms with E-state index >= 15 is 0 Å². The Hall–Kier alpha value is -3.26. The number of carbonyl (C=O) groups is 2. The molecule has 0 saturated carbocycles. The van der Waals surface area contributed by atoms with Gasteiger partial charge < -0.3 is 19.9 Å². The van der Waals surface area contributed by atoms with Crippen LogP contribution in [0.4, 0.5) is 26.3 Å². The fraction of sp³-hybridized carbons (Fsp3) is 0.190. The van der Waals surface area contributed by atoms with Crippen LogP contribution in [-0.4, -0.2) is 35.0 Å². The first-order valence-corrected chi connectivity index (χ1v) is 10.5. The lowest BCUT2D eigenvalue weighted by molar-refractivity contribution is -0.143. The number of carbonyl (C=O) groups excluding carboxylic acids is 1. The zero-order valence-electron chi connectivity index (χ0n) is 17.3. The van der Waals surface area contributed by atoms with Crippen molar-refractivity contribution in [2.75, 3.05) is 13.7 Å². The molecule has 0 aromatic heterocycles. The number of thiocarbonyl (C=S) groups is 1. The van der Waals surface area contributed by atoms with Gasteiger partial charge in [0.1, 0.15) is 4.32 Å². The SMILES string of the molecule is COc1cc(-c2cc(C(F)(F)F)cc(C(F)(F)F)c2)cc(/C=C2\SC(=S)NC2=O)c1OCC(=O)O. The second kappa shape index (κ2) is 9.77. The van der Waals surface area contributed by atoms with Gasteiger partial charge in [-0.15, -0.1) is 0 Å². The number of carboxylic acids is 1. The number of carboxylic acid groups (broad SMARTS) is 1. The standard InChI is InChI=1S/C21H13F6NO5S2/c1-32-14-5-9(10-3-12(20(22,23)24)7-13(4-10)21(25,26)27)2-11(17(14)33-8-16(29)30)6-15-18(31)28-19(34)35-15/h2-7H,8H2,1H3,(H,29,30)(H,28,31,34)/b15-6-. The van der Waals surface area contributed by atoms with E-state index in [1.54, 1.807) is 0 Å². The first-order valence-electron chi connectivity index (χ1n) is 9.30. The maximum Gasteiger partial charge on any atom is 0.416 e. The summed E-state index contributed by atoms with van der Waals surface area (Å²) in [5.41, 5.74) is -3.67. The molecule has 0 radical (unpaired) electrons. The fourth-order valence-corrected chi connectivity index (χ4v) is 4.06. The van der Waals surface area contributed by atoms with Crippen LogP contribution in [0.15, 0.2) is 35.2 Å². The van der Waals surface area contributed by atoms with Crippen molar-refractivity contribution in [2.24, 2.45) is 0 Å². The second-order valence-corrected chi connectivity index (χ2v) is 8.64. The Bertz CT molecular complexity index is 1210. The smallest absolute Gasteiger partial charge is 0.416 e. The highest BCUT2D eigenvalue weighted by atomic mass is 32.2. The maximum atomic E-state index is 13.3. The van der Waals surface area contributed by atoms with Crippen LogP contribution in [-0.2, 0) is 21.9 Å². The van der Waals surface area contributed by atoms with E-state index in [4.69, 9.17) is 26.8 Å². The summed E-state index contributed by atoms with van der Waals surface area (Å²) in [4.78, 5) is 23.1. The average molecular weight is 537 g/mol. The van der Waals surface area contributed by atoms with Crippen LogP contribution in [0.5, 0.6) is 11.5 Å². The van der Waals surface area contributed by atoms with Crippen molar-refractivity contribution >= 4 is 46.3 Å². The average Bonchev–Trinajstić information content (AvgIpc) is 3.07. The molecule has 3 rings (SSSR count). The monoisotopic (exact) mass is 537 g/mol. The van der Waals surface area contributed by atoms with Gasteiger partial charge in [-0.3, -0.25) is 4.79 Å². The molecule has 6 nitrogen and oxygen atoms in total. The van der Waals surface area contributed by atoms with Gasteiger partial charge in [-0.05, 0) is 47.5 Å². The Labute approximate surface area is 202 Å². The Kier molecular flexibility index (Phi) is 7.36. The summed E-state index contributed by atoms with van der Waals surface area (Å²) < 4.78 is 90.5. The highest BCUT2D eigenvalue weighted by Gasteiger charge is 2.37. The maximum absolute atomic E-state index is 13.3. The lowest BCUT2D eigenvalue weighted by Crippen LogP contribution is -2.17. The summed E-state index contributed by atoms with van der Waals surface area (Å²) in [6, 6.07) is 3.31. The lowest BCUT2D eigenvalue weighted by Gasteiger charge is -2.17. The molecule has 0 atom stereocenters. The van der Waals surface area contributed by atoms with Gasteiger partial charge in [0, 0.05) is 5.56 Å². The molecule has 35 heavy (non-hydrogen) atoms. The topological polar surface area (TPSA) is 84.9 Å². The number of rotatable bonds is 6. The summed E-state index contributed by atoms with van der Waals surface area (Å²) in [5, 5.41) is 11.3. The Morgan fingerprint density at radius 1 is 1.06 bits per heavy atom. The number of halogens is 6. The van der Waals surface area contributed by atoms with E-state index in [0.717, 1.165) is 31.0 Å². The molecule has 14 heteroatoms. The molecule has 0 unspecified atom stereocenters. The van der Waals surface area contributed by atoms with Gasteiger partial charge in [-0.1, -0.05) is 24.0 Å². The van der Waals surface area contributed by atoms with Crippen molar-refractivity contribution in [3.63, 3.8) is 0 Å². The molecule has 2 aromatic carbocycles. The van der Waals surface area contributed by atoms with Crippen LogP contribution in [0.25, 0.3) is 17.2 Å². The van der Waals surface area contributed by atoms with Crippen molar-refractivity contribution in [1.29, 1.82) is 0 Å². The lowest BCUT2D eigenvalue weighted by atomic mass is 9.96. The van der Waals surface area contributed by atoms with Gasteiger partial charge in [0.05, 0.1) is 23.1 Å². The van der Waals surface area contributed by atoms with E-state index in [1.165, 1.54) is 6.08 Å². The number of alkyl halides is 6. The van der Waals surface area contributed by atoms with Crippen LogP contribution in [0.3, 0.4) is 0 Å². The van der Waals surface area contributed by atoms with Crippen molar-refractivity contribution in [2.45, 2.75) is 12.4 Å². The molecule has 2 N–H and O–H groups in total. The molecule has 1 aliphatic rings. The van der Waals surface area contributed by atoms with Crippen LogP contribution >= 0.6 is 24.0 Å². The third kappa shape index (κ3) is 6.25. The summed E-state index contributed by atoms with van der Waals surface area (Å²) in [5.74, 6) is -2.35. The predicted molar refractivity (Wildman–Crippen MR) is 118 cm³/mol. The largest absolute Gasteiger partial charge is 0.493 e. The molecule has 186 valence electrons. The minimum absolute atomic E-state index is 0.00555. The fourth-order valence-electron chi connectivity index (χ4n) is 3.02. The van der Waals surface area contributed by atoms with Crippen molar-refractivity contribution in [3.8, 4) is 22.6 Å². The van der Waals surface area contributed by atoms with E-state index < -0.39 is 47.5 Å². The quantitative estimate of drug-likeness (QED) is 0.292. The van der Waals surface area contributed by atoms with Crippen molar-refractivity contribution in [1.82, 2.24) is 5.32 Å². The van der Waals surface area contributed by atoms with E-state index in [1.807, 2.05) is 0 Å². The highest BCUT2D eigenvalue weighted by Crippen LogP contribution is 2.42. The number of thioether (sulfide) groups is 1. The van der Waals surface area contributed by atoms with Gasteiger partial charge in [0.15, 0.2) is 18.1 Å². The number of nitrogens with one attached hydrogen (secondary N) is 1. The Morgan fingerprint density at radius 2 is 1.63 bits per heavy atom. The van der Waals surface area contributed by atoms with Gasteiger partial charge in [0.25, 0.3) is 5.91 Å². The first kappa shape index (κ1) is 26.3.